The lowest BCUT2D eigenvalue weighted by molar-refractivity contribution is -0.141. The zero-order chi connectivity index (χ0) is 10.6. The smallest absolute Gasteiger partial charge is 0.306 e. The first-order valence-corrected chi connectivity index (χ1v) is 5.11. The molecule has 0 aromatic carbocycles. The van der Waals surface area contributed by atoms with Gasteiger partial charge in [-0.1, -0.05) is 13.3 Å². The van der Waals surface area contributed by atoms with Gasteiger partial charge in [-0.05, 0) is 19.3 Å². The molecule has 0 unspecified atom stereocenters. The van der Waals surface area contributed by atoms with E-state index in [1.807, 2.05) is 0 Å². The third-order valence-corrected chi connectivity index (χ3v) is 2.77. The largest absolute Gasteiger partial charge is 0.481 e. The van der Waals surface area contributed by atoms with E-state index in [2.05, 4.69) is 5.32 Å². The van der Waals surface area contributed by atoms with Gasteiger partial charge in [0.05, 0.1) is 5.92 Å². The van der Waals surface area contributed by atoms with Crippen molar-refractivity contribution in [3.8, 4) is 0 Å². The average Bonchev–Trinajstić information content (AvgIpc) is 2.00. The Hall–Kier alpha value is -1.06. The zero-order valence-corrected chi connectivity index (χ0v) is 8.45. The van der Waals surface area contributed by atoms with Crippen LogP contribution in [0.5, 0.6) is 0 Å². The Balaban J connectivity index is 2.08. The number of hydrogen-bond donors (Lipinski definition) is 2. The molecule has 0 bridgehead atoms. The number of nitrogens with one attached hydrogen (secondary N) is 1. The second-order valence-electron chi connectivity index (χ2n) is 3.95. The van der Waals surface area contributed by atoms with Crippen LogP contribution >= 0.6 is 0 Å². The predicted octanol–water partition coefficient (Wildman–Crippen LogP) is 1.01. The number of carboxylic acids is 1. The first kappa shape index (κ1) is 11.0. The summed E-state index contributed by atoms with van der Waals surface area (Å²) in [4.78, 5) is 21.8. The number of carbonyl (C=O) groups excluding carboxylic acids is 1. The summed E-state index contributed by atoms with van der Waals surface area (Å²) in [5.74, 6) is -0.899. The molecule has 2 N–H and O–H groups in total. The molecule has 1 atom stereocenters. The van der Waals surface area contributed by atoms with E-state index in [4.69, 9.17) is 5.11 Å². The van der Waals surface area contributed by atoms with Gasteiger partial charge < -0.3 is 10.4 Å². The van der Waals surface area contributed by atoms with Gasteiger partial charge in [0.25, 0.3) is 0 Å². The van der Waals surface area contributed by atoms with E-state index < -0.39 is 5.97 Å². The maximum Gasteiger partial charge on any atom is 0.306 e. The highest BCUT2D eigenvalue weighted by Gasteiger charge is 2.24. The molecule has 0 saturated heterocycles. The molecule has 1 aliphatic carbocycles. The fraction of sp³-hybridized carbons (Fsp3) is 0.800. The molecule has 0 aromatic rings. The molecule has 0 radical (unpaired) electrons. The van der Waals surface area contributed by atoms with Gasteiger partial charge in [-0.3, -0.25) is 9.59 Å². The number of amides is 1. The molecule has 80 valence electrons. The summed E-state index contributed by atoms with van der Waals surface area (Å²) in [7, 11) is 0. The maximum atomic E-state index is 11.3. The Bertz CT molecular complexity index is 223. The van der Waals surface area contributed by atoms with Crippen LogP contribution in [0.4, 0.5) is 0 Å². The Morgan fingerprint density at radius 2 is 2.14 bits per heavy atom. The summed E-state index contributed by atoms with van der Waals surface area (Å²) >= 11 is 0. The Morgan fingerprint density at radius 1 is 1.50 bits per heavy atom. The molecular weight excluding hydrogens is 182 g/mol. The molecule has 1 fully saturated rings. The molecule has 1 aliphatic rings. The molecule has 0 aromatic heterocycles. The predicted molar refractivity (Wildman–Crippen MR) is 51.8 cm³/mol. The van der Waals surface area contributed by atoms with Gasteiger partial charge in [0.2, 0.25) is 5.91 Å². The second kappa shape index (κ2) is 4.98. The Kier molecular flexibility index (Phi) is 3.92. The van der Waals surface area contributed by atoms with Crippen LogP contribution in [0.2, 0.25) is 0 Å². The van der Waals surface area contributed by atoms with Crippen molar-refractivity contribution in [1.29, 1.82) is 0 Å². The SMILES string of the molecule is C[C@@H](CCNC(=O)C1CCC1)C(=O)O. The number of rotatable bonds is 5. The second-order valence-corrected chi connectivity index (χ2v) is 3.95. The number of carbonyl (C=O) groups is 2. The maximum absolute atomic E-state index is 11.3. The standard InChI is InChI=1S/C10H17NO3/c1-7(10(13)14)5-6-11-9(12)8-3-2-4-8/h7-8H,2-6H2,1H3,(H,11,12)(H,13,14)/t7-/m0/s1. The summed E-state index contributed by atoms with van der Waals surface area (Å²) in [6, 6.07) is 0. The van der Waals surface area contributed by atoms with Crippen molar-refractivity contribution < 1.29 is 14.7 Å². The van der Waals surface area contributed by atoms with Crippen molar-refractivity contribution in [3.05, 3.63) is 0 Å². The first-order chi connectivity index (χ1) is 6.61. The van der Waals surface area contributed by atoms with Gasteiger partial charge in [-0.2, -0.15) is 0 Å². The van der Waals surface area contributed by atoms with Crippen LogP contribution in [-0.4, -0.2) is 23.5 Å². The molecule has 0 spiro atoms. The molecule has 1 amide bonds. The molecule has 0 heterocycles. The third kappa shape index (κ3) is 3.01. The molecule has 14 heavy (non-hydrogen) atoms. The summed E-state index contributed by atoms with van der Waals surface area (Å²) in [5, 5.41) is 11.4. The summed E-state index contributed by atoms with van der Waals surface area (Å²) in [6.07, 6.45) is 3.62. The lowest BCUT2D eigenvalue weighted by Gasteiger charge is -2.24. The summed E-state index contributed by atoms with van der Waals surface area (Å²) < 4.78 is 0. The highest BCUT2D eigenvalue weighted by Crippen LogP contribution is 2.26. The molecule has 1 rings (SSSR count). The minimum atomic E-state index is -0.803. The van der Waals surface area contributed by atoms with Crippen LogP contribution in [0.3, 0.4) is 0 Å². The first-order valence-electron chi connectivity index (χ1n) is 5.11. The number of hydrogen-bond acceptors (Lipinski definition) is 2. The van der Waals surface area contributed by atoms with E-state index >= 15 is 0 Å². The van der Waals surface area contributed by atoms with Crippen molar-refractivity contribution in [2.45, 2.75) is 32.6 Å². The van der Waals surface area contributed by atoms with Gasteiger partial charge in [-0.15, -0.1) is 0 Å². The van der Waals surface area contributed by atoms with Crippen LogP contribution in [0.1, 0.15) is 32.6 Å². The van der Waals surface area contributed by atoms with Crippen LogP contribution < -0.4 is 5.32 Å². The minimum absolute atomic E-state index is 0.0915. The van der Waals surface area contributed by atoms with Crippen LogP contribution in [0, 0.1) is 11.8 Å². The minimum Gasteiger partial charge on any atom is -0.481 e. The lowest BCUT2D eigenvalue weighted by atomic mass is 9.85. The average molecular weight is 199 g/mol. The van der Waals surface area contributed by atoms with Crippen molar-refractivity contribution in [2.24, 2.45) is 11.8 Å². The van der Waals surface area contributed by atoms with Crippen LogP contribution in [0.25, 0.3) is 0 Å². The highest BCUT2D eigenvalue weighted by molar-refractivity contribution is 5.79. The highest BCUT2D eigenvalue weighted by atomic mass is 16.4. The topological polar surface area (TPSA) is 66.4 Å². The van der Waals surface area contributed by atoms with Gasteiger partial charge in [0, 0.05) is 12.5 Å². The van der Waals surface area contributed by atoms with Gasteiger partial charge in [0.1, 0.15) is 0 Å². The van der Waals surface area contributed by atoms with E-state index in [1.54, 1.807) is 6.92 Å². The third-order valence-electron chi connectivity index (χ3n) is 2.77. The molecule has 1 saturated carbocycles. The molecular formula is C10H17NO3. The fourth-order valence-electron chi connectivity index (χ4n) is 1.35. The Morgan fingerprint density at radius 3 is 2.57 bits per heavy atom. The summed E-state index contributed by atoms with van der Waals surface area (Å²) in [6.45, 7) is 2.13. The van der Waals surface area contributed by atoms with E-state index in [9.17, 15) is 9.59 Å². The van der Waals surface area contributed by atoms with Crippen molar-refractivity contribution in [1.82, 2.24) is 5.32 Å². The van der Waals surface area contributed by atoms with E-state index in [0.717, 1.165) is 19.3 Å². The number of aliphatic carboxylic acids is 1. The zero-order valence-electron chi connectivity index (χ0n) is 8.45. The Labute approximate surface area is 83.7 Å². The molecule has 4 nitrogen and oxygen atoms in total. The van der Waals surface area contributed by atoms with E-state index in [1.165, 1.54) is 0 Å². The quantitative estimate of drug-likeness (QED) is 0.694. The fourth-order valence-corrected chi connectivity index (χ4v) is 1.35. The van der Waals surface area contributed by atoms with Gasteiger partial charge >= 0.3 is 5.97 Å². The number of carboxylic acid groups (broad SMARTS) is 1. The molecule has 4 heteroatoms. The molecule has 0 aliphatic heterocycles. The van der Waals surface area contributed by atoms with Crippen molar-refractivity contribution in [2.75, 3.05) is 6.54 Å². The van der Waals surface area contributed by atoms with Crippen LogP contribution in [-0.2, 0) is 9.59 Å². The summed E-state index contributed by atoms with van der Waals surface area (Å²) in [5.41, 5.74) is 0. The van der Waals surface area contributed by atoms with E-state index in [-0.39, 0.29) is 17.7 Å². The normalized spacial score (nSPS) is 18.4. The van der Waals surface area contributed by atoms with Gasteiger partial charge in [-0.25, -0.2) is 0 Å². The van der Waals surface area contributed by atoms with Crippen LogP contribution in [0.15, 0.2) is 0 Å². The monoisotopic (exact) mass is 199 g/mol. The lowest BCUT2D eigenvalue weighted by Crippen LogP contribution is -2.35. The van der Waals surface area contributed by atoms with E-state index in [0.29, 0.717) is 13.0 Å². The van der Waals surface area contributed by atoms with Crippen molar-refractivity contribution in [3.63, 3.8) is 0 Å². The van der Waals surface area contributed by atoms with Crippen molar-refractivity contribution >= 4 is 11.9 Å². The van der Waals surface area contributed by atoms with Gasteiger partial charge in [0.15, 0.2) is 0 Å².